The molecular weight excluding hydrogens is 258 g/mol. The van der Waals surface area contributed by atoms with E-state index < -0.39 is 10.8 Å². The third kappa shape index (κ3) is 5.06. The fourth-order valence-electron chi connectivity index (χ4n) is 1.38. The number of hydrogen-bond donors (Lipinski definition) is 1. The number of hydrogen-bond acceptors (Lipinski definition) is 3. The van der Waals surface area contributed by atoms with Crippen molar-refractivity contribution < 1.29 is 8.95 Å². The van der Waals surface area contributed by atoms with Gasteiger partial charge in [0.2, 0.25) is 0 Å². The van der Waals surface area contributed by atoms with E-state index in [1.54, 1.807) is 7.11 Å². The second-order valence-electron chi connectivity index (χ2n) is 3.58. The van der Waals surface area contributed by atoms with Crippen molar-refractivity contribution in [2.45, 2.75) is 13.5 Å². The second-order valence-corrected chi connectivity index (χ2v) is 5.85. The summed E-state index contributed by atoms with van der Waals surface area (Å²) in [6, 6.07) is 5.70. The molecule has 0 fully saturated rings. The molecule has 0 radical (unpaired) electrons. The van der Waals surface area contributed by atoms with Crippen LogP contribution < -0.4 is 10.1 Å². The van der Waals surface area contributed by atoms with Gasteiger partial charge in [-0.1, -0.05) is 24.6 Å². The van der Waals surface area contributed by atoms with Crippen molar-refractivity contribution in [3.05, 3.63) is 28.8 Å². The highest BCUT2D eigenvalue weighted by atomic mass is 35.5. The molecule has 0 heterocycles. The summed E-state index contributed by atoms with van der Waals surface area (Å²) in [5.41, 5.74) is 1.10. The maximum Gasteiger partial charge on any atom is 0.137 e. The third-order valence-electron chi connectivity index (χ3n) is 2.37. The Hall–Kier alpha value is -0.580. The third-order valence-corrected chi connectivity index (χ3v) is 3.97. The van der Waals surface area contributed by atoms with E-state index in [0.717, 1.165) is 24.4 Å². The maximum atomic E-state index is 11.2. The summed E-state index contributed by atoms with van der Waals surface area (Å²) >= 11 is 6.01. The van der Waals surface area contributed by atoms with Crippen LogP contribution >= 0.6 is 11.6 Å². The van der Waals surface area contributed by atoms with Gasteiger partial charge in [-0.2, -0.15) is 0 Å². The molecule has 1 rings (SSSR count). The minimum Gasteiger partial charge on any atom is -0.495 e. The average Bonchev–Trinajstić information content (AvgIpc) is 2.34. The van der Waals surface area contributed by atoms with Crippen molar-refractivity contribution in [3.63, 3.8) is 0 Å². The average molecular weight is 276 g/mol. The van der Waals surface area contributed by atoms with Gasteiger partial charge in [-0.15, -0.1) is 0 Å². The van der Waals surface area contributed by atoms with Crippen molar-refractivity contribution in [3.8, 4) is 5.75 Å². The first-order valence-corrected chi connectivity index (χ1v) is 7.42. The van der Waals surface area contributed by atoms with E-state index in [1.165, 1.54) is 0 Å². The predicted octanol–water partition coefficient (Wildman–Crippen LogP) is 2.21. The molecule has 96 valence electrons. The molecule has 0 saturated heterocycles. The van der Waals surface area contributed by atoms with E-state index in [1.807, 2.05) is 25.1 Å². The highest BCUT2D eigenvalue weighted by Crippen LogP contribution is 2.24. The molecule has 5 heteroatoms. The first-order valence-electron chi connectivity index (χ1n) is 5.55. The lowest BCUT2D eigenvalue weighted by Gasteiger charge is -2.07. The minimum absolute atomic E-state index is 0.615. The number of rotatable bonds is 7. The molecule has 0 aliphatic rings. The standard InChI is InChI=1S/C12H18ClNO2S/c1-3-17(15)7-6-14-9-10-4-5-12(16-2)11(13)8-10/h4-5,8,14H,3,6-7,9H2,1-2H3. The number of ether oxygens (including phenoxy) is 1. The van der Waals surface area contributed by atoms with Crippen LogP contribution in [0.15, 0.2) is 18.2 Å². The first-order chi connectivity index (χ1) is 8.17. The lowest BCUT2D eigenvalue weighted by atomic mass is 10.2. The van der Waals surface area contributed by atoms with Crippen LogP contribution in [0.4, 0.5) is 0 Å². The van der Waals surface area contributed by atoms with E-state index in [4.69, 9.17) is 16.3 Å². The summed E-state index contributed by atoms with van der Waals surface area (Å²) in [7, 11) is 0.894. The van der Waals surface area contributed by atoms with Crippen molar-refractivity contribution in [1.82, 2.24) is 5.32 Å². The van der Waals surface area contributed by atoms with Gasteiger partial charge in [0.1, 0.15) is 5.75 Å². The van der Waals surface area contributed by atoms with Gasteiger partial charge in [0.25, 0.3) is 0 Å². The van der Waals surface area contributed by atoms with Crippen molar-refractivity contribution >= 4 is 22.4 Å². The zero-order chi connectivity index (χ0) is 12.7. The molecule has 0 bridgehead atoms. The van der Waals surface area contributed by atoms with Crippen LogP contribution in [0, 0.1) is 0 Å². The lowest BCUT2D eigenvalue weighted by Crippen LogP contribution is -2.20. The van der Waals surface area contributed by atoms with Crippen LogP contribution in [-0.4, -0.2) is 29.4 Å². The fraction of sp³-hybridized carbons (Fsp3) is 0.500. The van der Waals surface area contributed by atoms with E-state index in [0.29, 0.717) is 16.5 Å². The summed E-state index contributed by atoms with van der Waals surface area (Å²) in [6.45, 7) is 3.41. The van der Waals surface area contributed by atoms with Crippen LogP contribution in [0.3, 0.4) is 0 Å². The van der Waals surface area contributed by atoms with Gasteiger partial charge in [0.05, 0.1) is 12.1 Å². The van der Waals surface area contributed by atoms with E-state index in [2.05, 4.69) is 5.32 Å². The molecule has 1 unspecified atom stereocenters. The molecule has 0 spiro atoms. The van der Waals surface area contributed by atoms with Gasteiger partial charge in [-0.05, 0) is 17.7 Å². The predicted molar refractivity (Wildman–Crippen MR) is 73.3 cm³/mol. The van der Waals surface area contributed by atoms with Crippen molar-refractivity contribution in [1.29, 1.82) is 0 Å². The molecule has 0 aliphatic heterocycles. The van der Waals surface area contributed by atoms with Crippen LogP contribution in [0.25, 0.3) is 0 Å². The summed E-state index contributed by atoms with van der Waals surface area (Å²) in [6.07, 6.45) is 0. The Labute approximate surface area is 110 Å². The molecule has 0 aromatic heterocycles. The van der Waals surface area contributed by atoms with Crippen LogP contribution in [0.5, 0.6) is 5.75 Å². The Kier molecular flexibility index (Phi) is 6.55. The quantitative estimate of drug-likeness (QED) is 0.776. The van der Waals surface area contributed by atoms with E-state index >= 15 is 0 Å². The van der Waals surface area contributed by atoms with Crippen molar-refractivity contribution in [2.24, 2.45) is 0 Å². The molecule has 1 aromatic carbocycles. The smallest absolute Gasteiger partial charge is 0.137 e. The largest absolute Gasteiger partial charge is 0.495 e. The van der Waals surface area contributed by atoms with E-state index in [-0.39, 0.29) is 0 Å². The molecule has 0 aliphatic carbocycles. The highest BCUT2D eigenvalue weighted by molar-refractivity contribution is 7.84. The second kappa shape index (κ2) is 7.69. The summed E-state index contributed by atoms with van der Waals surface area (Å²) in [5, 5.41) is 3.85. The Morgan fingerprint density at radius 3 is 2.82 bits per heavy atom. The highest BCUT2D eigenvalue weighted by Gasteiger charge is 2.01. The topological polar surface area (TPSA) is 38.3 Å². The van der Waals surface area contributed by atoms with Crippen LogP contribution in [0.1, 0.15) is 12.5 Å². The molecular formula is C12H18ClNO2S. The maximum absolute atomic E-state index is 11.2. The van der Waals surface area contributed by atoms with Gasteiger partial charge in [-0.25, -0.2) is 0 Å². The molecule has 17 heavy (non-hydrogen) atoms. The summed E-state index contributed by atoms with van der Waals surface area (Å²) < 4.78 is 16.3. The molecule has 1 aromatic rings. The molecule has 3 nitrogen and oxygen atoms in total. The molecule has 1 atom stereocenters. The SMILES string of the molecule is CCS(=O)CCNCc1ccc(OC)c(Cl)c1. The summed E-state index contributed by atoms with van der Waals surface area (Å²) in [5.74, 6) is 2.10. The fourth-order valence-corrected chi connectivity index (χ4v) is 2.32. The Morgan fingerprint density at radius 1 is 1.47 bits per heavy atom. The molecule has 0 saturated carbocycles. The molecule has 1 N–H and O–H groups in total. The van der Waals surface area contributed by atoms with Gasteiger partial charge < -0.3 is 10.1 Å². The Balaban J connectivity index is 2.37. The monoisotopic (exact) mass is 275 g/mol. The van der Waals surface area contributed by atoms with Crippen LogP contribution in [0.2, 0.25) is 5.02 Å². The molecule has 0 amide bonds. The summed E-state index contributed by atoms with van der Waals surface area (Å²) in [4.78, 5) is 0. The number of benzene rings is 1. The van der Waals surface area contributed by atoms with Gasteiger partial charge in [-0.3, -0.25) is 4.21 Å². The van der Waals surface area contributed by atoms with Gasteiger partial charge in [0.15, 0.2) is 0 Å². The number of nitrogens with one attached hydrogen (secondary N) is 1. The Bertz CT molecular complexity index is 385. The number of halogens is 1. The van der Waals surface area contributed by atoms with Crippen molar-refractivity contribution in [2.75, 3.05) is 25.2 Å². The minimum atomic E-state index is -0.703. The number of methoxy groups -OCH3 is 1. The van der Waals surface area contributed by atoms with Gasteiger partial charge in [0, 0.05) is 35.4 Å². The van der Waals surface area contributed by atoms with Gasteiger partial charge >= 0.3 is 0 Å². The Morgan fingerprint density at radius 2 is 2.24 bits per heavy atom. The van der Waals surface area contributed by atoms with E-state index in [9.17, 15) is 4.21 Å². The van der Waals surface area contributed by atoms with Crippen LogP contribution in [-0.2, 0) is 17.3 Å². The zero-order valence-corrected chi connectivity index (χ0v) is 11.7. The lowest BCUT2D eigenvalue weighted by molar-refractivity contribution is 0.415. The first kappa shape index (κ1) is 14.5. The zero-order valence-electron chi connectivity index (χ0n) is 10.2. The normalized spacial score (nSPS) is 12.4.